The Bertz CT molecular complexity index is 602. The van der Waals surface area contributed by atoms with E-state index in [0.29, 0.717) is 0 Å². The molecule has 1 aromatic heterocycles. The lowest BCUT2D eigenvalue weighted by atomic mass is 10.3. The second-order valence-corrected chi connectivity index (χ2v) is 3.33. The Balaban J connectivity index is 2.40. The third-order valence-electron chi connectivity index (χ3n) is 2.09. The van der Waals surface area contributed by atoms with Gasteiger partial charge in [-0.2, -0.15) is 0 Å². The Morgan fingerprint density at radius 3 is 2.72 bits per heavy atom. The van der Waals surface area contributed by atoms with Gasteiger partial charge < -0.3 is 9.84 Å². The molecule has 0 saturated carbocycles. The zero-order chi connectivity index (χ0) is 13.1. The molecule has 0 aliphatic heterocycles. The van der Waals surface area contributed by atoms with Crippen molar-refractivity contribution in [2.75, 3.05) is 0 Å². The van der Waals surface area contributed by atoms with Gasteiger partial charge in [-0.25, -0.2) is 18.6 Å². The molecule has 4 nitrogen and oxygen atoms in total. The minimum atomic E-state index is -1.32. The van der Waals surface area contributed by atoms with Gasteiger partial charge in [0.15, 0.2) is 23.0 Å². The van der Waals surface area contributed by atoms with Crippen LogP contribution in [0.4, 0.5) is 8.78 Å². The molecule has 0 fully saturated rings. The Labute approximate surface area is 100 Å². The molecule has 0 aliphatic carbocycles. The van der Waals surface area contributed by atoms with Crippen LogP contribution in [0.1, 0.15) is 10.5 Å². The lowest BCUT2D eigenvalue weighted by molar-refractivity contribution is 0.0687. The fourth-order valence-electron chi connectivity index (χ4n) is 1.31. The Hall–Kier alpha value is -2.50. The monoisotopic (exact) mass is 251 g/mol. The number of ether oxygens (including phenoxy) is 1. The maximum atomic E-state index is 13.3. The van der Waals surface area contributed by atoms with Gasteiger partial charge in [0, 0.05) is 12.3 Å². The van der Waals surface area contributed by atoms with Crippen molar-refractivity contribution >= 4 is 5.97 Å². The predicted molar refractivity (Wildman–Crippen MR) is 57.6 cm³/mol. The first-order valence-corrected chi connectivity index (χ1v) is 4.89. The highest BCUT2D eigenvalue weighted by Gasteiger charge is 2.15. The minimum Gasteiger partial charge on any atom is -0.476 e. The molecule has 0 bridgehead atoms. The number of aromatic carboxylic acids is 1. The largest absolute Gasteiger partial charge is 0.476 e. The first kappa shape index (κ1) is 12.0. The van der Waals surface area contributed by atoms with E-state index in [9.17, 15) is 13.6 Å². The van der Waals surface area contributed by atoms with Crippen LogP contribution in [0.3, 0.4) is 0 Å². The van der Waals surface area contributed by atoms with Gasteiger partial charge in [-0.3, -0.25) is 0 Å². The van der Waals surface area contributed by atoms with Crippen molar-refractivity contribution in [1.29, 1.82) is 0 Å². The van der Waals surface area contributed by atoms with Gasteiger partial charge in [-0.1, -0.05) is 0 Å². The van der Waals surface area contributed by atoms with E-state index in [4.69, 9.17) is 9.84 Å². The number of aromatic nitrogens is 1. The fraction of sp³-hybridized carbons (Fsp3) is 0. The predicted octanol–water partition coefficient (Wildman–Crippen LogP) is 2.85. The summed E-state index contributed by atoms with van der Waals surface area (Å²) in [7, 11) is 0. The Morgan fingerprint density at radius 1 is 1.22 bits per heavy atom. The van der Waals surface area contributed by atoms with Crippen LogP contribution in [0.15, 0.2) is 36.5 Å². The summed E-state index contributed by atoms with van der Waals surface area (Å²) in [5.41, 5.74) is -0.374. The summed E-state index contributed by atoms with van der Waals surface area (Å²) in [6, 6.07) is 5.39. The van der Waals surface area contributed by atoms with E-state index >= 15 is 0 Å². The van der Waals surface area contributed by atoms with Crippen molar-refractivity contribution in [2.45, 2.75) is 0 Å². The van der Waals surface area contributed by atoms with Gasteiger partial charge in [0.05, 0.1) is 0 Å². The normalized spacial score (nSPS) is 10.1. The Kier molecular flexibility index (Phi) is 3.18. The minimum absolute atomic E-state index is 0.158. The van der Waals surface area contributed by atoms with E-state index in [2.05, 4.69) is 4.98 Å². The molecule has 92 valence electrons. The van der Waals surface area contributed by atoms with Crippen LogP contribution in [0.25, 0.3) is 0 Å². The van der Waals surface area contributed by atoms with Crippen LogP contribution in [-0.4, -0.2) is 16.1 Å². The fourth-order valence-corrected chi connectivity index (χ4v) is 1.31. The molecule has 2 rings (SSSR count). The van der Waals surface area contributed by atoms with Crippen molar-refractivity contribution in [3.05, 3.63) is 53.9 Å². The summed E-state index contributed by atoms with van der Waals surface area (Å²) >= 11 is 0. The number of hydrogen-bond acceptors (Lipinski definition) is 3. The number of rotatable bonds is 3. The molecule has 0 unspecified atom stereocenters. The van der Waals surface area contributed by atoms with E-state index in [1.54, 1.807) is 0 Å². The molecule has 18 heavy (non-hydrogen) atoms. The van der Waals surface area contributed by atoms with Gasteiger partial charge in [0.25, 0.3) is 0 Å². The molecular weight excluding hydrogens is 244 g/mol. The highest BCUT2D eigenvalue weighted by atomic mass is 19.1. The maximum absolute atomic E-state index is 13.3. The SMILES string of the molecule is O=C(O)c1ncccc1Oc1cc(F)ccc1F. The van der Waals surface area contributed by atoms with Gasteiger partial charge >= 0.3 is 5.97 Å². The Morgan fingerprint density at radius 2 is 2.00 bits per heavy atom. The molecule has 0 spiro atoms. The lowest BCUT2D eigenvalue weighted by Crippen LogP contribution is -2.03. The summed E-state index contributed by atoms with van der Waals surface area (Å²) in [6.45, 7) is 0. The summed E-state index contributed by atoms with van der Waals surface area (Å²) in [5, 5.41) is 8.86. The van der Waals surface area contributed by atoms with E-state index in [0.717, 1.165) is 18.2 Å². The van der Waals surface area contributed by atoms with Crippen LogP contribution in [0.5, 0.6) is 11.5 Å². The van der Waals surface area contributed by atoms with Crippen molar-refractivity contribution in [3.63, 3.8) is 0 Å². The lowest BCUT2D eigenvalue weighted by Gasteiger charge is -2.08. The van der Waals surface area contributed by atoms with Crippen LogP contribution < -0.4 is 4.74 Å². The number of carbonyl (C=O) groups is 1. The van der Waals surface area contributed by atoms with Gasteiger partial charge in [0.2, 0.25) is 0 Å². The second kappa shape index (κ2) is 4.79. The number of hydrogen-bond donors (Lipinski definition) is 1. The number of pyridine rings is 1. The molecule has 6 heteroatoms. The molecule has 0 atom stereocenters. The van der Waals surface area contributed by atoms with E-state index in [1.165, 1.54) is 18.3 Å². The smallest absolute Gasteiger partial charge is 0.358 e. The molecule has 0 amide bonds. The number of carboxylic acids is 1. The van der Waals surface area contributed by atoms with Crippen molar-refractivity contribution in [3.8, 4) is 11.5 Å². The van der Waals surface area contributed by atoms with E-state index in [1.807, 2.05) is 0 Å². The van der Waals surface area contributed by atoms with E-state index in [-0.39, 0.29) is 11.4 Å². The topological polar surface area (TPSA) is 59.4 Å². The highest BCUT2D eigenvalue weighted by molar-refractivity contribution is 5.88. The third kappa shape index (κ3) is 2.42. The number of nitrogens with zero attached hydrogens (tertiary/aromatic N) is 1. The van der Waals surface area contributed by atoms with Crippen molar-refractivity contribution < 1.29 is 23.4 Å². The third-order valence-corrected chi connectivity index (χ3v) is 2.09. The molecular formula is C12H7F2NO3. The summed E-state index contributed by atoms with van der Waals surface area (Å²) in [6.07, 6.45) is 1.26. The summed E-state index contributed by atoms with van der Waals surface area (Å²) < 4.78 is 31.3. The van der Waals surface area contributed by atoms with Gasteiger partial charge in [-0.05, 0) is 24.3 Å². The standard InChI is InChI=1S/C12H7F2NO3/c13-7-3-4-8(14)10(6-7)18-9-2-1-5-15-11(9)12(16)17/h1-6H,(H,16,17). The number of halogens is 2. The summed E-state index contributed by atoms with van der Waals surface area (Å²) in [5.74, 6) is -3.36. The summed E-state index contributed by atoms with van der Waals surface area (Å²) in [4.78, 5) is 14.4. The first-order chi connectivity index (χ1) is 8.58. The van der Waals surface area contributed by atoms with Gasteiger partial charge in [-0.15, -0.1) is 0 Å². The van der Waals surface area contributed by atoms with Gasteiger partial charge in [0.1, 0.15) is 5.82 Å². The molecule has 2 aromatic rings. The molecule has 1 aromatic carbocycles. The van der Waals surface area contributed by atoms with Crippen LogP contribution in [0, 0.1) is 11.6 Å². The quantitative estimate of drug-likeness (QED) is 0.911. The van der Waals surface area contributed by atoms with Crippen LogP contribution >= 0.6 is 0 Å². The molecule has 0 aliphatic rings. The molecule has 1 N–H and O–H groups in total. The average Bonchev–Trinajstić information content (AvgIpc) is 2.34. The maximum Gasteiger partial charge on any atom is 0.358 e. The van der Waals surface area contributed by atoms with Crippen molar-refractivity contribution in [2.24, 2.45) is 0 Å². The number of benzene rings is 1. The van der Waals surface area contributed by atoms with E-state index < -0.39 is 23.4 Å². The molecule has 1 heterocycles. The zero-order valence-corrected chi connectivity index (χ0v) is 8.93. The number of carboxylic acid groups (broad SMARTS) is 1. The highest BCUT2D eigenvalue weighted by Crippen LogP contribution is 2.26. The second-order valence-electron chi connectivity index (χ2n) is 3.33. The molecule has 0 saturated heterocycles. The van der Waals surface area contributed by atoms with Crippen LogP contribution in [0.2, 0.25) is 0 Å². The zero-order valence-electron chi connectivity index (χ0n) is 8.93. The molecule has 0 radical (unpaired) electrons. The first-order valence-electron chi connectivity index (χ1n) is 4.89. The van der Waals surface area contributed by atoms with Crippen molar-refractivity contribution in [1.82, 2.24) is 4.98 Å². The van der Waals surface area contributed by atoms with Crippen LogP contribution in [-0.2, 0) is 0 Å². The average molecular weight is 251 g/mol.